The monoisotopic (exact) mass is 290 g/mol. The van der Waals surface area contributed by atoms with E-state index in [2.05, 4.69) is 11.1 Å². The topological polar surface area (TPSA) is 55.1 Å². The first-order chi connectivity index (χ1) is 10.7. The number of pyridine rings is 1. The van der Waals surface area contributed by atoms with E-state index >= 15 is 0 Å². The van der Waals surface area contributed by atoms with E-state index in [-0.39, 0.29) is 0 Å². The quantitative estimate of drug-likeness (QED) is 0.725. The summed E-state index contributed by atoms with van der Waals surface area (Å²) in [6, 6.07) is 17.0. The third kappa shape index (κ3) is 2.70. The molecule has 0 saturated heterocycles. The first kappa shape index (κ1) is 13.9. The van der Waals surface area contributed by atoms with E-state index in [9.17, 15) is 5.26 Å². The van der Waals surface area contributed by atoms with Gasteiger partial charge < -0.3 is 9.47 Å². The molecule has 22 heavy (non-hydrogen) atoms. The fraction of sp³-hybridized carbons (Fsp3) is 0.111. The lowest BCUT2D eigenvalue weighted by atomic mass is 10.1. The Morgan fingerprint density at radius 3 is 2.64 bits per heavy atom. The molecule has 0 aliphatic heterocycles. The van der Waals surface area contributed by atoms with Crippen LogP contribution in [0.3, 0.4) is 0 Å². The molecule has 0 spiro atoms. The van der Waals surface area contributed by atoms with Gasteiger partial charge in [0.2, 0.25) is 5.88 Å². The number of rotatable bonds is 3. The minimum Gasteiger partial charge on any atom is -0.497 e. The maximum Gasteiger partial charge on any atom is 0.237 e. The van der Waals surface area contributed by atoms with Crippen LogP contribution in [-0.2, 0) is 0 Å². The summed E-state index contributed by atoms with van der Waals surface area (Å²) in [5.74, 6) is 1.56. The summed E-state index contributed by atoms with van der Waals surface area (Å²) in [5.41, 5.74) is 2.32. The lowest BCUT2D eigenvalue weighted by Gasteiger charge is -2.09. The molecule has 0 radical (unpaired) electrons. The Hall–Kier alpha value is -3.06. The normalized spacial score (nSPS) is 10.2. The van der Waals surface area contributed by atoms with Gasteiger partial charge in [0, 0.05) is 11.5 Å². The highest BCUT2D eigenvalue weighted by Crippen LogP contribution is 2.28. The fourth-order valence-corrected chi connectivity index (χ4v) is 2.21. The van der Waals surface area contributed by atoms with Crippen molar-refractivity contribution in [1.29, 1.82) is 5.26 Å². The number of aryl methyl sites for hydroxylation is 1. The molecular formula is C18H14N2O2. The summed E-state index contributed by atoms with van der Waals surface area (Å²) in [5, 5.41) is 10.3. The van der Waals surface area contributed by atoms with Crippen LogP contribution in [0.5, 0.6) is 17.4 Å². The first-order valence-electron chi connectivity index (χ1n) is 6.83. The average molecular weight is 290 g/mol. The lowest BCUT2D eigenvalue weighted by Crippen LogP contribution is -1.94. The van der Waals surface area contributed by atoms with Gasteiger partial charge in [-0.3, -0.25) is 0 Å². The Morgan fingerprint density at radius 2 is 1.86 bits per heavy atom. The standard InChI is InChI=1S/C18H14N2O2/c1-12-6-7-17-13(8-12)9-14(11-19)18(20-17)22-16-5-3-4-15(10-16)21-2/h3-10H,1-2H3. The highest BCUT2D eigenvalue weighted by atomic mass is 16.5. The molecule has 0 bridgehead atoms. The second-order valence-electron chi connectivity index (χ2n) is 4.93. The van der Waals surface area contributed by atoms with Crippen LogP contribution >= 0.6 is 0 Å². The Labute approximate surface area is 128 Å². The van der Waals surface area contributed by atoms with Crippen LogP contribution in [0.15, 0.2) is 48.5 Å². The smallest absolute Gasteiger partial charge is 0.237 e. The van der Waals surface area contributed by atoms with Crippen molar-refractivity contribution in [2.75, 3.05) is 7.11 Å². The average Bonchev–Trinajstić information content (AvgIpc) is 2.54. The van der Waals surface area contributed by atoms with Crippen LogP contribution in [0.25, 0.3) is 10.9 Å². The third-order valence-electron chi connectivity index (χ3n) is 3.31. The molecule has 0 aliphatic rings. The maximum atomic E-state index is 9.33. The highest BCUT2D eigenvalue weighted by Gasteiger charge is 2.10. The fourth-order valence-electron chi connectivity index (χ4n) is 2.21. The number of fused-ring (bicyclic) bond motifs is 1. The van der Waals surface area contributed by atoms with Gasteiger partial charge in [0.15, 0.2) is 0 Å². The number of hydrogen-bond acceptors (Lipinski definition) is 4. The second kappa shape index (κ2) is 5.74. The summed E-state index contributed by atoms with van der Waals surface area (Å²) in [6.45, 7) is 2.01. The molecular weight excluding hydrogens is 276 g/mol. The minimum atomic E-state index is 0.298. The Kier molecular flexibility index (Phi) is 3.63. The molecule has 0 unspecified atom stereocenters. The summed E-state index contributed by atoms with van der Waals surface area (Å²) in [4.78, 5) is 4.45. The van der Waals surface area contributed by atoms with Gasteiger partial charge in [-0.05, 0) is 37.3 Å². The zero-order valence-electron chi connectivity index (χ0n) is 12.3. The van der Waals surface area contributed by atoms with Crippen molar-refractivity contribution in [2.24, 2.45) is 0 Å². The molecule has 1 heterocycles. The van der Waals surface area contributed by atoms with E-state index in [1.807, 2.05) is 37.3 Å². The van der Waals surface area contributed by atoms with E-state index in [4.69, 9.17) is 9.47 Å². The number of aromatic nitrogens is 1. The van der Waals surface area contributed by atoms with Gasteiger partial charge in [0.05, 0.1) is 12.6 Å². The Morgan fingerprint density at radius 1 is 1.05 bits per heavy atom. The molecule has 0 fully saturated rings. The van der Waals surface area contributed by atoms with Gasteiger partial charge in [0.25, 0.3) is 0 Å². The molecule has 0 N–H and O–H groups in total. The zero-order valence-corrected chi connectivity index (χ0v) is 12.3. The zero-order chi connectivity index (χ0) is 15.5. The number of hydrogen-bond donors (Lipinski definition) is 0. The van der Waals surface area contributed by atoms with Crippen LogP contribution < -0.4 is 9.47 Å². The van der Waals surface area contributed by atoms with Crippen LogP contribution in [0.4, 0.5) is 0 Å². The van der Waals surface area contributed by atoms with Gasteiger partial charge in [-0.1, -0.05) is 17.7 Å². The molecule has 0 aliphatic carbocycles. The maximum absolute atomic E-state index is 9.33. The van der Waals surface area contributed by atoms with Gasteiger partial charge in [0.1, 0.15) is 23.1 Å². The van der Waals surface area contributed by atoms with Crippen molar-refractivity contribution < 1.29 is 9.47 Å². The third-order valence-corrected chi connectivity index (χ3v) is 3.31. The Balaban J connectivity index is 2.05. The highest BCUT2D eigenvalue weighted by molar-refractivity contribution is 5.81. The number of methoxy groups -OCH3 is 1. The van der Waals surface area contributed by atoms with Gasteiger partial charge >= 0.3 is 0 Å². The summed E-state index contributed by atoms with van der Waals surface area (Å²) in [7, 11) is 1.59. The van der Waals surface area contributed by atoms with Crippen molar-refractivity contribution in [3.63, 3.8) is 0 Å². The van der Waals surface area contributed by atoms with E-state index in [0.717, 1.165) is 16.5 Å². The molecule has 2 aromatic carbocycles. The van der Waals surface area contributed by atoms with Crippen molar-refractivity contribution in [3.05, 3.63) is 59.7 Å². The summed E-state index contributed by atoms with van der Waals surface area (Å²) < 4.78 is 10.9. The molecule has 108 valence electrons. The van der Waals surface area contributed by atoms with E-state index < -0.39 is 0 Å². The summed E-state index contributed by atoms with van der Waals surface area (Å²) in [6.07, 6.45) is 0. The van der Waals surface area contributed by atoms with Crippen molar-refractivity contribution in [1.82, 2.24) is 4.98 Å². The SMILES string of the molecule is COc1cccc(Oc2nc3ccc(C)cc3cc2C#N)c1. The van der Waals surface area contributed by atoms with Crippen molar-refractivity contribution in [3.8, 4) is 23.4 Å². The van der Waals surface area contributed by atoms with Gasteiger partial charge in [-0.2, -0.15) is 5.26 Å². The van der Waals surface area contributed by atoms with Crippen LogP contribution in [0.1, 0.15) is 11.1 Å². The predicted octanol–water partition coefficient (Wildman–Crippen LogP) is 4.22. The molecule has 4 nitrogen and oxygen atoms in total. The molecule has 0 atom stereocenters. The first-order valence-corrected chi connectivity index (χ1v) is 6.83. The number of benzene rings is 2. The van der Waals surface area contributed by atoms with E-state index in [1.165, 1.54) is 0 Å². The molecule has 0 saturated carbocycles. The molecule has 0 amide bonds. The van der Waals surface area contributed by atoms with Crippen molar-refractivity contribution >= 4 is 10.9 Å². The largest absolute Gasteiger partial charge is 0.497 e. The van der Waals surface area contributed by atoms with Gasteiger partial charge in [-0.25, -0.2) is 4.98 Å². The van der Waals surface area contributed by atoms with E-state index in [1.54, 1.807) is 25.3 Å². The predicted molar refractivity (Wildman–Crippen MR) is 84.3 cm³/mol. The number of nitrogens with zero attached hydrogens (tertiary/aromatic N) is 2. The van der Waals surface area contributed by atoms with Crippen molar-refractivity contribution in [2.45, 2.75) is 6.92 Å². The molecule has 1 aromatic heterocycles. The van der Waals surface area contributed by atoms with Crippen LogP contribution in [-0.4, -0.2) is 12.1 Å². The Bertz CT molecular complexity index is 882. The molecule has 4 heteroatoms. The second-order valence-corrected chi connectivity index (χ2v) is 4.93. The number of ether oxygens (including phenoxy) is 2. The summed E-state index contributed by atoms with van der Waals surface area (Å²) >= 11 is 0. The minimum absolute atomic E-state index is 0.298. The lowest BCUT2D eigenvalue weighted by molar-refractivity contribution is 0.407. The van der Waals surface area contributed by atoms with Gasteiger partial charge in [-0.15, -0.1) is 0 Å². The molecule has 3 aromatic rings. The van der Waals surface area contributed by atoms with Crippen LogP contribution in [0, 0.1) is 18.3 Å². The van der Waals surface area contributed by atoms with E-state index in [0.29, 0.717) is 22.9 Å². The number of nitriles is 1. The molecule has 3 rings (SSSR count). The van der Waals surface area contributed by atoms with Crippen LogP contribution in [0.2, 0.25) is 0 Å².